The Morgan fingerprint density at radius 1 is 1.04 bits per heavy atom. The second kappa shape index (κ2) is 11.5. The number of carbonyl (C=O) groups excluding carboxylic acids is 3. The van der Waals surface area contributed by atoms with Gasteiger partial charge in [0.15, 0.2) is 5.78 Å². The van der Waals surface area contributed by atoms with Gasteiger partial charge in [-0.25, -0.2) is 4.79 Å². The van der Waals surface area contributed by atoms with Gasteiger partial charge in [-0.3, -0.25) is 9.59 Å². The average Bonchev–Trinajstić information content (AvgIpc) is 2.99. The van der Waals surface area contributed by atoms with Crippen molar-refractivity contribution in [1.82, 2.24) is 4.90 Å². The summed E-state index contributed by atoms with van der Waals surface area (Å²) in [6.07, 6.45) is 8.33. The minimum atomic E-state index is -0.624. The summed E-state index contributed by atoms with van der Waals surface area (Å²) in [7, 11) is 0. The molecule has 0 aromatic carbocycles. The Labute approximate surface area is 149 Å². The summed E-state index contributed by atoms with van der Waals surface area (Å²) in [4.78, 5) is 37.9. The summed E-state index contributed by atoms with van der Waals surface area (Å²) >= 11 is 1.36. The fourth-order valence-corrected chi connectivity index (χ4v) is 4.23. The largest absolute Gasteiger partial charge is 0.464 e. The molecule has 1 heterocycles. The SMILES string of the molecule is CCCCCCCCCC(=O)N1C(C(=O)OCC)CSC1C(C)=O. The minimum Gasteiger partial charge on any atom is -0.464 e. The van der Waals surface area contributed by atoms with Crippen LogP contribution in [0.4, 0.5) is 0 Å². The first-order valence-corrected chi connectivity index (χ1v) is 10.2. The van der Waals surface area contributed by atoms with Crippen LogP contribution in [0.2, 0.25) is 0 Å². The molecule has 0 radical (unpaired) electrons. The van der Waals surface area contributed by atoms with Crippen LogP contribution in [-0.2, 0) is 19.1 Å². The molecule has 0 aromatic heterocycles. The molecule has 138 valence electrons. The first-order valence-electron chi connectivity index (χ1n) is 9.12. The topological polar surface area (TPSA) is 63.7 Å². The van der Waals surface area contributed by atoms with E-state index >= 15 is 0 Å². The lowest BCUT2D eigenvalue weighted by Crippen LogP contribution is -2.48. The molecule has 1 amide bonds. The van der Waals surface area contributed by atoms with Crippen LogP contribution in [0.5, 0.6) is 0 Å². The number of ether oxygens (including phenoxy) is 1. The number of carbonyl (C=O) groups is 3. The lowest BCUT2D eigenvalue weighted by molar-refractivity contribution is -0.154. The third-order valence-electron chi connectivity index (χ3n) is 4.19. The maximum atomic E-state index is 12.6. The predicted molar refractivity (Wildman–Crippen MR) is 96.8 cm³/mol. The molecule has 0 N–H and O–H groups in total. The molecular formula is C18H31NO4S. The first-order chi connectivity index (χ1) is 11.5. The Morgan fingerprint density at radius 3 is 2.25 bits per heavy atom. The standard InChI is InChI=1S/C18H31NO4S/c1-4-6-7-8-9-10-11-12-16(21)19-15(18(22)23-5-2)13-24-17(19)14(3)20/h15,17H,4-13H2,1-3H3. The number of thioether (sulfide) groups is 1. The summed E-state index contributed by atoms with van der Waals surface area (Å²) in [6, 6.07) is -0.624. The van der Waals surface area contributed by atoms with E-state index in [0.29, 0.717) is 12.2 Å². The van der Waals surface area contributed by atoms with Crippen LogP contribution in [0.15, 0.2) is 0 Å². The third kappa shape index (κ3) is 6.46. The second-order valence-corrected chi connectivity index (χ2v) is 7.35. The minimum absolute atomic E-state index is 0.0836. The maximum Gasteiger partial charge on any atom is 0.329 e. The van der Waals surface area contributed by atoms with Crippen LogP contribution in [-0.4, -0.2) is 46.3 Å². The fraction of sp³-hybridized carbons (Fsp3) is 0.833. The number of hydrogen-bond acceptors (Lipinski definition) is 5. The Kier molecular flexibility index (Phi) is 10.1. The smallest absolute Gasteiger partial charge is 0.329 e. The zero-order valence-corrected chi connectivity index (χ0v) is 16.0. The number of Topliss-reactive ketones (excluding diaryl/α,β-unsaturated/α-hetero) is 1. The Morgan fingerprint density at radius 2 is 1.67 bits per heavy atom. The highest BCUT2D eigenvalue weighted by atomic mass is 32.2. The molecule has 2 atom stereocenters. The summed E-state index contributed by atoms with van der Waals surface area (Å²) in [5.41, 5.74) is 0. The third-order valence-corrected chi connectivity index (χ3v) is 5.57. The summed E-state index contributed by atoms with van der Waals surface area (Å²) in [5.74, 6) is -0.153. The van der Waals surface area contributed by atoms with Crippen LogP contribution in [0.3, 0.4) is 0 Å². The van der Waals surface area contributed by atoms with Gasteiger partial charge < -0.3 is 9.64 Å². The van der Waals surface area contributed by atoms with E-state index in [4.69, 9.17) is 4.74 Å². The van der Waals surface area contributed by atoms with E-state index in [2.05, 4.69) is 6.92 Å². The monoisotopic (exact) mass is 357 g/mol. The Hall–Kier alpha value is -1.04. The zero-order chi connectivity index (χ0) is 17.9. The van der Waals surface area contributed by atoms with E-state index in [1.165, 1.54) is 49.3 Å². The lowest BCUT2D eigenvalue weighted by atomic mass is 10.1. The van der Waals surface area contributed by atoms with E-state index in [-0.39, 0.29) is 18.3 Å². The van der Waals surface area contributed by atoms with Crippen molar-refractivity contribution in [3.05, 3.63) is 0 Å². The van der Waals surface area contributed by atoms with Crippen molar-refractivity contribution in [2.24, 2.45) is 0 Å². The number of unbranched alkanes of at least 4 members (excludes halogenated alkanes) is 6. The molecule has 2 unspecified atom stereocenters. The van der Waals surface area contributed by atoms with E-state index in [1.807, 2.05) is 0 Å². The summed E-state index contributed by atoms with van der Waals surface area (Å²) in [5, 5.41) is -0.545. The summed E-state index contributed by atoms with van der Waals surface area (Å²) < 4.78 is 5.06. The van der Waals surface area contributed by atoms with Gasteiger partial charge in [-0.15, -0.1) is 11.8 Å². The number of rotatable bonds is 11. The van der Waals surface area contributed by atoms with E-state index < -0.39 is 17.4 Å². The number of nitrogens with zero attached hydrogens (tertiary/aromatic N) is 1. The van der Waals surface area contributed by atoms with Gasteiger partial charge in [-0.2, -0.15) is 0 Å². The molecule has 1 saturated heterocycles. The van der Waals surface area contributed by atoms with Crippen molar-refractivity contribution in [1.29, 1.82) is 0 Å². The van der Waals surface area contributed by atoms with Crippen LogP contribution >= 0.6 is 11.8 Å². The van der Waals surface area contributed by atoms with Gasteiger partial charge in [0.25, 0.3) is 0 Å². The van der Waals surface area contributed by atoms with Crippen LogP contribution in [0.25, 0.3) is 0 Å². The fourth-order valence-electron chi connectivity index (χ4n) is 2.91. The second-order valence-electron chi connectivity index (χ2n) is 6.24. The predicted octanol–water partition coefficient (Wildman–Crippen LogP) is 3.55. The van der Waals surface area contributed by atoms with Crippen molar-refractivity contribution < 1.29 is 19.1 Å². The molecule has 1 fully saturated rings. The van der Waals surface area contributed by atoms with Crippen LogP contribution in [0.1, 0.15) is 72.1 Å². The zero-order valence-electron chi connectivity index (χ0n) is 15.2. The molecule has 1 aliphatic rings. The number of amides is 1. The quantitative estimate of drug-likeness (QED) is 0.418. The molecular weight excluding hydrogens is 326 g/mol. The highest BCUT2D eigenvalue weighted by Crippen LogP contribution is 2.31. The molecule has 5 nitrogen and oxygen atoms in total. The van der Waals surface area contributed by atoms with E-state index in [9.17, 15) is 14.4 Å². The highest BCUT2D eigenvalue weighted by Gasteiger charge is 2.43. The first kappa shape index (κ1) is 21.0. The van der Waals surface area contributed by atoms with Gasteiger partial charge in [0.1, 0.15) is 11.4 Å². The molecule has 0 spiro atoms. The average molecular weight is 358 g/mol. The van der Waals surface area contributed by atoms with Crippen LogP contribution < -0.4 is 0 Å². The van der Waals surface area contributed by atoms with Gasteiger partial charge in [-0.05, 0) is 20.3 Å². The summed E-state index contributed by atoms with van der Waals surface area (Å²) in [6.45, 7) is 5.69. The van der Waals surface area contributed by atoms with Crippen LogP contribution in [0, 0.1) is 0 Å². The van der Waals surface area contributed by atoms with Gasteiger partial charge in [-0.1, -0.05) is 45.4 Å². The molecule has 0 aliphatic carbocycles. The molecule has 0 bridgehead atoms. The Balaban J connectivity index is 2.49. The van der Waals surface area contributed by atoms with Crippen molar-refractivity contribution in [2.75, 3.05) is 12.4 Å². The normalized spacial score (nSPS) is 20.2. The van der Waals surface area contributed by atoms with Crippen molar-refractivity contribution in [3.8, 4) is 0 Å². The van der Waals surface area contributed by atoms with Gasteiger partial charge in [0, 0.05) is 12.2 Å². The molecule has 6 heteroatoms. The van der Waals surface area contributed by atoms with Crippen molar-refractivity contribution >= 4 is 29.4 Å². The molecule has 0 saturated carbocycles. The van der Waals surface area contributed by atoms with Gasteiger partial charge in [0.05, 0.1) is 6.61 Å². The van der Waals surface area contributed by atoms with Gasteiger partial charge >= 0.3 is 5.97 Å². The molecule has 24 heavy (non-hydrogen) atoms. The lowest BCUT2D eigenvalue weighted by Gasteiger charge is -2.26. The molecule has 0 aromatic rings. The van der Waals surface area contributed by atoms with Gasteiger partial charge in [0.2, 0.25) is 5.91 Å². The number of hydrogen-bond donors (Lipinski definition) is 0. The van der Waals surface area contributed by atoms with Crippen molar-refractivity contribution in [3.63, 3.8) is 0 Å². The van der Waals surface area contributed by atoms with E-state index in [0.717, 1.165) is 19.3 Å². The number of esters is 1. The highest BCUT2D eigenvalue weighted by molar-refractivity contribution is 8.00. The molecule has 1 rings (SSSR count). The number of ketones is 1. The maximum absolute atomic E-state index is 12.6. The van der Waals surface area contributed by atoms with Crippen molar-refractivity contribution in [2.45, 2.75) is 83.6 Å². The molecule has 1 aliphatic heterocycles. The van der Waals surface area contributed by atoms with E-state index in [1.54, 1.807) is 6.92 Å². The Bertz CT molecular complexity index is 427.